The van der Waals surface area contributed by atoms with Crippen LogP contribution in [0.15, 0.2) is 66.3 Å². The Bertz CT molecular complexity index is 1890. The van der Waals surface area contributed by atoms with E-state index in [0.717, 1.165) is 5.57 Å². The van der Waals surface area contributed by atoms with E-state index in [1.165, 1.54) is 11.0 Å². The van der Waals surface area contributed by atoms with Crippen molar-refractivity contribution in [1.29, 1.82) is 5.41 Å². The molecule has 2 aromatic carbocycles. The van der Waals surface area contributed by atoms with Crippen molar-refractivity contribution in [1.82, 2.24) is 14.9 Å². The quantitative estimate of drug-likeness (QED) is 0.166. The van der Waals surface area contributed by atoms with Gasteiger partial charge in [-0.3, -0.25) is 15.0 Å². The molecule has 226 valence electrons. The molecule has 13 nitrogen and oxygen atoms in total. The van der Waals surface area contributed by atoms with Gasteiger partial charge in [-0.25, -0.2) is 0 Å². The average molecular weight is 616 g/mol. The summed E-state index contributed by atoms with van der Waals surface area (Å²) in [6, 6.07) is 10.7. The lowest BCUT2D eigenvalue weighted by Crippen LogP contribution is -2.39. The molecule has 0 saturated heterocycles. The molecule has 5 rings (SSSR count). The Hall–Kier alpha value is -5.50. The lowest BCUT2D eigenvalue weighted by molar-refractivity contribution is -0.117. The van der Waals surface area contributed by atoms with Gasteiger partial charge in [0.2, 0.25) is 16.2 Å². The molecular formula is C30H29N7O6S. The third-order valence-electron chi connectivity index (χ3n) is 6.83. The first-order chi connectivity index (χ1) is 21.0. The van der Waals surface area contributed by atoms with Crippen LogP contribution in [-0.4, -0.2) is 65.9 Å². The van der Waals surface area contributed by atoms with Gasteiger partial charge in [0.15, 0.2) is 5.82 Å². The first kappa shape index (κ1) is 30.0. The number of amidine groups is 1. The monoisotopic (exact) mass is 615 g/mol. The van der Waals surface area contributed by atoms with Crippen LogP contribution in [0, 0.1) is 12.3 Å². The number of hydrogen-bond acceptors (Lipinski definition) is 10. The summed E-state index contributed by atoms with van der Waals surface area (Å²) in [6.07, 6.45) is 5.44. The fraction of sp³-hybridized carbons (Fsp3) is 0.200. The number of carbonyl (C=O) groups is 2. The maximum Gasteiger partial charge on any atom is 0.327 e. The van der Waals surface area contributed by atoms with Crippen LogP contribution in [0.25, 0.3) is 0 Å². The highest BCUT2D eigenvalue weighted by molar-refractivity contribution is 7.73. The van der Waals surface area contributed by atoms with E-state index >= 15 is 0 Å². The number of amides is 2. The highest BCUT2D eigenvalue weighted by atomic mass is 32.2. The molecule has 5 N–H and O–H groups in total. The van der Waals surface area contributed by atoms with E-state index in [2.05, 4.69) is 20.6 Å². The third kappa shape index (κ3) is 6.60. The minimum atomic E-state index is -2.30. The molecule has 1 atom stereocenters. The minimum absolute atomic E-state index is 0.00579. The second-order valence-electron chi connectivity index (χ2n) is 10.3. The molecule has 2 aliphatic rings. The van der Waals surface area contributed by atoms with Gasteiger partial charge in [-0.1, -0.05) is 18.2 Å². The molecule has 1 aliphatic carbocycles. The topological polar surface area (TPSA) is 190 Å². The normalized spacial score (nSPS) is 15.3. The van der Waals surface area contributed by atoms with Crippen molar-refractivity contribution < 1.29 is 27.5 Å². The van der Waals surface area contributed by atoms with E-state index in [9.17, 15) is 18.0 Å². The molecule has 1 unspecified atom stereocenters. The number of allylic oxidation sites excluding steroid dienone is 3. The molecule has 0 spiro atoms. The number of hydrogen-bond donors (Lipinski definition) is 4. The zero-order valence-electron chi connectivity index (χ0n) is 24.0. The molecule has 0 saturated carbocycles. The molecule has 3 aromatic rings. The summed E-state index contributed by atoms with van der Waals surface area (Å²) in [5, 5.41) is 13.7. The summed E-state index contributed by atoms with van der Waals surface area (Å²) in [5.41, 5.74) is 8.28. The van der Waals surface area contributed by atoms with Crippen molar-refractivity contribution in [2.24, 2.45) is 5.73 Å². The number of nitrogens with zero attached hydrogens (tertiary/aromatic N) is 3. The number of carbonyl (C=O) groups excluding carboxylic acids is 2. The number of fused-ring (bicyclic) bond motifs is 1. The zero-order valence-corrected chi connectivity index (χ0v) is 24.9. The Morgan fingerprint density at radius 3 is 2.55 bits per heavy atom. The Labute approximate surface area is 254 Å². The van der Waals surface area contributed by atoms with E-state index in [1.54, 1.807) is 75.6 Å². The van der Waals surface area contributed by atoms with Gasteiger partial charge in [0.1, 0.15) is 29.1 Å². The first-order valence-electron chi connectivity index (χ1n) is 13.4. The van der Waals surface area contributed by atoms with Crippen LogP contribution < -0.4 is 25.8 Å². The first-order valence-corrected chi connectivity index (χ1v) is 14.5. The lowest BCUT2D eigenvalue weighted by Gasteiger charge is -2.27. The van der Waals surface area contributed by atoms with Crippen molar-refractivity contribution in [2.45, 2.75) is 25.8 Å². The van der Waals surface area contributed by atoms with Gasteiger partial charge >= 0.3 is 6.01 Å². The van der Waals surface area contributed by atoms with Gasteiger partial charge < -0.3 is 30.7 Å². The molecular weight excluding hydrogens is 586 g/mol. The lowest BCUT2D eigenvalue weighted by atomic mass is 9.98. The largest absolute Gasteiger partial charge is 0.437 e. The Balaban J connectivity index is 1.48. The number of nitrogens with one attached hydrogen (secondary N) is 3. The minimum Gasteiger partial charge on any atom is -0.437 e. The van der Waals surface area contributed by atoms with Crippen molar-refractivity contribution in [3.63, 3.8) is 0 Å². The Morgan fingerprint density at radius 1 is 1.11 bits per heavy atom. The molecule has 1 aliphatic heterocycles. The second-order valence-corrected chi connectivity index (χ2v) is 11.3. The van der Waals surface area contributed by atoms with Crippen molar-refractivity contribution in [3.8, 4) is 23.4 Å². The number of benzene rings is 2. The number of nitrogen functional groups attached to an aromatic ring is 1. The summed E-state index contributed by atoms with van der Waals surface area (Å²) < 4.78 is 34.5. The summed E-state index contributed by atoms with van der Waals surface area (Å²) in [6.45, 7) is 1.79. The smallest absolute Gasteiger partial charge is 0.327 e. The molecule has 0 bridgehead atoms. The zero-order chi connectivity index (χ0) is 31.5. The number of aromatic nitrogens is 2. The highest BCUT2D eigenvalue weighted by Gasteiger charge is 2.31. The van der Waals surface area contributed by atoms with Crippen LogP contribution in [0.3, 0.4) is 0 Å². The van der Waals surface area contributed by atoms with Gasteiger partial charge in [0.05, 0.1) is 4.86 Å². The summed E-state index contributed by atoms with van der Waals surface area (Å²) >= 11 is 0. The molecule has 2 amide bonds. The molecule has 0 radical (unpaired) electrons. The van der Waals surface area contributed by atoms with Crippen LogP contribution in [0.4, 0.5) is 11.5 Å². The van der Waals surface area contributed by atoms with Crippen molar-refractivity contribution in [3.05, 3.63) is 83.0 Å². The number of aryl methyl sites for hydroxylation is 1. The van der Waals surface area contributed by atoms with Crippen LogP contribution in [-0.2, 0) is 15.1 Å². The third-order valence-corrected chi connectivity index (χ3v) is 7.56. The van der Waals surface area contributed by atoms with Crippen LogP contribution in [0.2, 0.25) is 0 Å². The van der Waals surface area contributed by atoms with Crippen LogP contribution in [0.1, 0.15) is 34.3 Å². The predicted octanol–water partition coefficient (Wildman–Crippen LogP) is 3.42. The maximum atomic E-state index is 13.2. The van der Waals surface area contributed by atoms with E-state index in [1.807, 2.05) is 0 Å². The van der Waals surface area contributed by atoms with E-state index in [-0.39, 0.29) is 58.8 Å². The standard InChI is InChI=1S/C30H29N7O6S/c1-16-13-20(9-12-22(16)25(31)32)42-28-24-26(33-23(27(38)34-24)14-17-7-10-21(11-8-17)44(40)41)35-30(36-28)43-19-6-4-5-18(15-19)29(39)37(2)3/h4-10,12-13,15,23H,11,14H2,1-3H3,(H3,31,32)(H,34,38)(H,33,35,36). The second kappa shape index (κ2) is 12.4. The predicted molar refractivity (Wildman–Crippen MR) is 165 cm³/mol. The maximum absolute atomic E-state index is 13.2. The van der Waals surface area contributed by atoms with Gasteiger partial charge in [-0.2, -0.15) is 18.4 Å². The molecule has 14 heteroatoms. The van der Waals surface area contributed by atoms with Crippen molar-refractivity contribution >= 4 is 44.3 Å². The molecule has 2 heterocycles. The number of anilines is 2. The van der Waals surface area contributed by atoms with Gasteiger partial charge in [-0.05, 0) is 60.5 Å². The van der Waals surface area contributed by atoms with Gasteiger partial charge in [-0.15, -0.1) is 0 Å². The summed E-state index contributed by atoms with van der Waals surface area (Å²) in [7, 11) is 0.990. The Morgan fingerprint density at radius 2 is 1.89 bits per heavy atom. The fourth-order valence-electron chi connectivity index (χ4n) is 4.59. The highest BCUT2D eigenvalue weighted by Crippen LogP contribution is 2.39. The van der Waals surface area contributed by atoms with Crippen LogP contribution >= 0.6 is 0 Å². The average Bonchev–Trinajstić information content (AvgIpc) is 2.98. The number of ether oxygens (including phenoxy) is 2. The molecule has 0 fully saturated rings. The van der Waals surface area contributed by atoms with E-state index < -0.39 is 16.3 Å². The molecule has 1 aromatic heterocycles. The summed E-state index contributed by atoms with van der Waals surface area (Å²) in [4.78, 5) is 36.3. The fourth-order valence-corrected chi connectivity index (χ4v) is 4.99. The number of rotatable bonds is 8. The molecule has 44 heavy (non-hydrogen) atoms. The SMILES string of the molecule is Cc1cc(Oc2nc(Oc3cccc(C(=O)N(C)C)c3)nc3c2NC(=O)C(CC2=CCC(=S(=O)=O)C=C2)N3)ccc1C(=N)N. The number of nitrogens with two attached hydrogens (primary N) is 1. The van der Waals surface area contributed by atoms with E-state index in [0.29, 0.717) is 28.2 Å². The van der Waals surface area contributed by atoms with E-state index in [4.69, 9.17) is 20.6 Å². The van der Waals surface area contributed by atoms with Gasteiger partial charge in [0, 0.05) is 38.1 Å². The summed E-state index contributed by atoms with van der Waals surface area (Å²) in [5.74, 6) is 0.250. The van der Waals surface area contributed by atoms with Crippen molar-refractivity contribution in [2.75, 3.05) is 24.7 Å². The van der Waals surface area contributed by atoms with Crippen LogP contribution in [0.5, 0.6) is 23.4 Å². The van der Waals surface area contributed by atoms with Gasteiger partial charge in [0.25, 0.3) is 11.8 Å². The Kier molecular flexibility index (Phi) is 8.44.